The van der Waals surface area contributed by atoms with Crippen LogP contribution in [0.15, 0.2) is 27.5 Å². The van der Waals surface area contributed by atoms with Gasteiger partial charge in [0.2, 0.25) is 5.91 Å². The number of amides is 3. The number of hydrogen-bond donors (Lipinski definition) is 3. The van der Waals surface area contributed by atoms with Crippen LogP contribution in [0.25, 0.3) is 0 Å². The Kier molecular flexibility index (Phi) is 7.52. The summed E-state index contributed by atoms with van der Waals surface area (Å²) in [5.41, 5.74) is 5.10. The number of hydrogen-bond acceptors (Lipinski definition) is 9. The predicted molar refractivity (Wildman–Crippen MR) is 117 cm³/mol. The highest BCUT2D eigenvalue weighted by Gasteiger charge is 2.25. The van der Waals surface area contributed by atoms with Gasteiger partial charge in [0.1, 0.15) is 0 Å². The summed E-state index contributed by atoms with van der Waals surface area (Å²) in [4.78, 5) is 58.9. The number of carbonyl (C=O) groups is 3. The minimum absolute atomic E-state index is 0.0443. The molecule has 0 unspecified atom stereocenters. The van der Waals surface area contributed by atoms with E-state index in [9.17, 15) is 19.2 Å². The number of ether oxygens (including phenoxy) is 1. The second kappa shape index (κ2) is 10.3. The monoisotopic (exact) mass is 466 g/mol. The van der Waals surface area contributed by atoms with E-state index >= 15 is 0 Å². The van der Waals surface area contributed by atoms with Gasteiger partial charge in [-0.1, -0.05) is 17.8 Å². The normalized spacial score (nSPS) is 13.7. The maximum absolute atomic E-state index is 12.5. The van der Waals surface area contributed by atoms with Crippen LogP contribution < -0.4 is 16.6 Å². The first-order valence-corrected chi connectivity index (χ1v) is 11.3. The van der Waals surface area contributed by atoms with Gasteiger partial charge in [-0.05, 0) is 18.4 Å². The van der Waals surface area contributed by atoms with E-state index in [0.717, 1.165) is 11.8 Å². The van der Waals surface area contributed by atoms with E-state index < -0.39 is 11.5 Å². The standard InChI is InChI=1S/C18H22N6O5S2/c1-2-29-18(28)24-7-5-23(6-8-24)12(25)10-31-17-21-14(19)13(16(27)22-17)20-15(26)11-4-3-9-30-11/h3-4,9H,2,5-8,10H2,1H3,(H,20,26)(H3,19,21,22,27). The fourth-order valence-electron chi connectivity index (χ4n) is 2.82. The minimum atomic E-state index is -0.601. The molecule has 1 saturated heterocycles. The van der Waals surface area contributed by atoms with Crippen molar-refractivity contribution < 1.29 is 19.1 Å². The van der Waals surface area contributed by atoms with Crippen molar-refractivity contribution in [1.82, 2.24) is 19.8 Å². The summed E-state index contributed by atoms with van der Waals surface area (Å²) >= 11 is 2.27. The fourth-order valence-corrected chi connectivity index (χ4v) is 4.21. The molecule has 31 heavy (non-hydrogen) atoms. The fraction of sp³-hybridized carbons (Fsp3) is 0.389. The van der Waals surface area contributed by atoms with Crippen molar-refractivity contribution in [2.75, 3.05) is 49.6 Å². The number of nitrogen functional groups attached to an aromatic ring is 1. The topological polar surface area (TPSA) is 151 Å². The summed E-state index contributed by atoms with van der Waals surface area (Å²) in [7, 11) is 0. The molecule has 0 atom stereocenters. The summed E-state index contributed by atoms with van der Waals surface area (Å²) in [5.74, 6) is -0.689. The van der Waals surface area contributed by atoms with Gasteiger partial charge >= 0.3 is 6.09 Å². The first-order valence-electron chi connectivity index (χ1n) is 9.46. The lowest BCUT2D eigenvalue weighted by Crippen LogP contribution is -2.51. The van der Waals surface area contributed by atoms with E-state index in [-0.39, 0.29) is 34.4 Å². The molecule has 1 aliphatic heterocycles. The molecule has 11 nitrogen and oxygen atoms in total. The van der Waals surface area contributed by atoms with E-state index in [4.69, 9.17) is 10.5 Å². The number of nitrogens with zero attached hydrogens (tertiary/aromatic N) is 3. The Balaban J connectivity index is 1.54. The SMILES string of the molecule is CCOC(=O)N1CCN(C(=O)CSc2nc(N)c(NC(=O)c3cccs3)c(=O)[nH]2)CC1. The number of aromatic nitrogens is 2. The van der Waals surface area contributed by atoms with Crippen molar-refractivity contribution >= 4 is 52.5 Å². The molecule has 1 aliphatic rings. The number of thioether (sulfide) groups is 1. The highest BCUT2D eigenvalue weighted by molar-refractivity contribution is 7.99. The van der Waals surface area contributed by atoms with Crippen LogP contribution in [0.3, 0.4) is 0 Å². The lowest BCUT2D eigenvalue weighted by molar-refractivity contribution is -0.129. The predicted octanol–water partition coefficient (Wildman–Crippen LogP) is 1.06. The van der Waals surface area contributed by atoms with Crippen molar-refractivity contribution in [3.05, 3.63) is 32.7 Å². The Morgan fingerprint density at radius 2 is 2.00 bits per heavy atom. The van der Waals surface area contributed by atoms with E-state index in [1.165, 1.54) is 11.3 Å². The molecule has 0 aromatic carbocycles. The molecule has 2 aromatic heterocycles. The number of nitrogens with two attached hydrogens (primary N) is 1. The zero-order valence-electron chi connectivity index (χ0n) is 16.8. The van der Waals surface area contributed by atoms with Gasteiger partial charge in [0, 0.05) is 26.2 Å². The Hall–Kier alpha value is -3.06. The lowest BCUT2D eigenvalue weighted by Gasteiger charge is -2.34. The quantitative estimate of drug-likeness (QED) is 0.422. The van der Waals surface area contributed by atoms with E-state index in [1.54, 1.807) is 34.2 Å². The molecule has 166 valence electrons. The van der Waals surface area contributed by atoms with Crippen molar-refractivity contribution in [2.45, 2.75) is 12.1 Å². The van der Waals surface area contributed by atoms with Gasteiger partial charge < -0.3 is 25.6 Å². The Morgan fingerprint density at radius 3 is 2.61 bits per heavy atom. The average molecular weight is 467 g/mol. The highest BCUT2D eigenvalue weighted by Crippen LogP contribution is 2.19. The maximum Gasteiger partial charge on any atom is 0.409 e. The molecule has 4 N–H and O–H groups in total. The van der Waals surface area contributed by atoms with Crippen LogP contribution in [0.2, 0.25) is 0 Å². The van der Waals surface area contributed by atoms with Crippen LogP contribution in [0.5, 0.6) is 0 Å². The van der Waals surface area contributed by atoms with Crippen molar-refractivity contribution in [1.29, 1.82) is 0 Å². The number of piperazine rings is 1. The Bertz CT molecular complexity index is 1000. The molecular weight excluding hydrogens is 444 g/mol. The van der Waals surface area contributed by atoms with E-state index in [2.05, 4.69) is 15.3 Å². The van der Waals surface area contributed by atoms with Crippen LogP contribution in [0, 0.1) is 0 Å². The van der Waals surface area contributed by atoms with Crippen LogP contribution in [-0.2, 0) is 9.53 Å². The minimum Gasteiger partial charge on any atom is -0.450 e. The molecular formula is C18H22N6O5S2. The molecule has 3 rings (SSSR count). The maximum atomic E-state index is 12.5. The van der Waals surface area contributed by atoms with Gasteiger partial charge in [-0.3, -0.25) is 19.4 Å². The zero-order chi connectivity index (χ0) is 22.4. The summed E-state index contributed by atoms with van der Waals surface area (Å²) in [6.45, 7) is 3.64. The molecule has 3 heterocycles. The number of nitrogens with one attached hydrogen (secondary N) is 2. The number of rotatable bonds is 6. The first kappa shape index (κ1) is 22.6. The number of aromatic amines is 1. The summed E-state index contributed by atoms with van der Waals surface area (Å²) in [5, 5.41) is 4.38. The number of carbonyl (C=O) groups excluding carboxylic acids is 3. The third-order valence-electron chi connectivity index (χ3n) is 4.40. The molecule has 13 heteroatoms. The largest absolute Gasteiger partial charge is 0.450 e. The third kappa shape index (κ3) is 5.76. The third-order valence-corrected chi connectivity index (χ3v) is 6.13. The van der Waals surface area contributed by atoms with Crippen LogP contribution in [0.1, 0.15) is 16.6 Å². The molecule has 2 aromatic rings. The van der Waals surface area contributed by atoms with Crippen molar-refractivity contribution in [3.8, 4) is 0 Å². The molecule has 0 saturated carbocycles. The van der Waals surface area contributed by atoms with E-state index in [1.807, 2.05) is 0 Å². The second-order valence-electron chi connectivity index (χ2n) is 6.42. The van der Waals surface area contributed by atoms with Gasteiger partial charge in [-0.15, -0.1) is 11.3 Å². The van der Waals surface area contributed by atoms with Crippen molar-refractivity contribution in [3.63, 3.8) is 0 Å². The molecule has 3 amide bonds. The summed E-state index contributed by atoms with van der Waals surface area (Å²) in [6.07, 6.45) is -0.382. The average Bonchev–Trinajstić information content (AvgIpc) is 3.30. The van der Waals surface area contributed by atoms with E-state index in [0.29, 0.717) is 37.7 Å². The van der Waals surface area contributed by atoms with Crippen LogP contribution >= 0.6 is 23.1 Å². The molecule has 1 fully saturated rings. The number of H-pyrrole nitrogens is 1. The highest BCUT2D eigenvalue weighted by atomic mass is 32.2. The Morgan fingerprint density at radius 1 is 1.29 bits per heavy atom. The van der Waals surface area contributed by atoms with Crippen LogP contribution in [0.4, 0.5) is 16.3 Å². The van der Waals surface area contributed by atoms with Gasteiger partial charge in [-0.2, -0.15) is 0 Å². The lowest BCUT2D eigenvalue weighted by atomic mass is 10.3. The summed E-state index contributed by atoms with van der Waals surface area (Å²) < 4.78 is 4.96. The smallest absolute Gasteiger partial charge is 0.409 e. The Labute approximate surface area is 186 Å². The number of anilines is 2. The van der Waals surface area contributed by atoms with Gasteiger partial charge in [0.25, 0.3) is 11.5 Å². The van der Waals surface area contributed by atoms with Gasteiger partial charge in [0.15, 0.2) is 16.7 Å². The number of thiophene rings is 1. The van der Waals surface area contributed by atoms with Gasteiger partial charge in [0.05, 0.1) is 17.2 Å². The molecule has 0 bridgehead atoms. The van der Waals surface area contributed by atoms with Crippen molar-refractivity contribution in [2.24, 2.45) is 0 Å². The molecule has 0 spiro atoms. The molecule has 0 radical (unpaired) electrons. The van der Waals surface area contributed by atoms with Gasteiger partial charge in [-0.25, -0.2) is 9.78 Å². The summed E-state index contributed by atoms with van der Waals surface area (Å²) in [6, 6.07) is 3.35. The first-order chi connectivity index (χ1) is 14.9. The second-order valence-corrected chi connectivity index (χ2v) is 8.33. The van der Waals surface area contributed by atoms with Crippen LogP contribution in [-0.4, -0.2) is 76.2 Å². The molecule has 0 aliphatic carbocycles. The zero-order valence-corrected chi connectivity index (χ0v) is 18.4.